The molecule has 7 heteroatoms. The van der Waals surface area contributed by atoms with Gasteiger partial charge in [-0.15, -0.1) is 0 Å². The number of carbonyl (C=O) groups is 3. The highest BCUT2D eigenvalue weighted by Crippen LogP contribution is 2.15. The average Bonchev–Trinajstić information content (AvgIpc) is 2.57. The van der Waals surface area contributed by atoms with Crippen molar-refractivity contribution < 1.29 is 19.5 Å². The molecule has 1 aromatic carbocycles. The largest absolute Gasteiger partial charge is 0.480 e. The van der Waals surface area contributed by atoms with E-state index in [1.165, 1.54) is 4.90 Å². The number of benzene rings is 1. The van der Waals surface area contributed by atoms with E-state index in [-0.39, 0.29) is 18.4 Å². The second-order valence-corrected chi connectivity index (χ2v) is 6.56. The summed E-state index contributed by atoms with van der Waals surface area (Å²) in [6, 6.07) is 7.12. The van der Waals surface area contributed by atoms with Gasteiger partial charge in [-0.1, -0.05) is 44.2 Å². The lowest BCUT2D eigenvalue weighted by Crippen LogP contribution is -2.59. The Morgan fingerprint density at radius 3 is 2.52 bits per heavy atom. The summed E-state index contributed by atoms with van der Waals surface area (Å²) in [4.78, 5) is 37.9. The Kier molecular flexibility index (Phi) is 6.38. The van der Waals surface area contributed by atoms with Crippen molar-refractivity contribution in [1.82, 2.24) is 15.5 Å². The van der Waals surface area contributed by atoms with Gasteiger partial charge >= 0.3 is 12.0 Å². The van der Waals surface area contributed by atoms with Crippen LogP contribution in [0.2, 0.25) is 0 Å². The lowest BCUT2D eigenvalue weighted by atomic mass is 9.99. The van der Waals surface area contributed by atoms with Crippen LogP contribution in [-0.4, -0.2) is 53.1 Å². The van der Waals surface area contributed by atoms with E-state index in [4.69, 9.17) is 0 Å². The quantitative estimate of drug-likeness (QED) is 0.691. The molecule has 0 saturated carbocycles. The molecule has 0 bridgehead atoms. The minimum Gasteiger partial charge on any atom is -0.480 e. The van der Waals surface area contributed by atoms with Crippen LogP contribution in [0.1, 0.15) is 25.8 Å². The van der Waals surface area contributed by atoms with Crippen LogP contribution in [0.4, 0.5) is 4.79 Å². The summed E-state index contributed by atoms with van der Waals surface area (Å²) in [7, 11) is 0. The zero-order valence-electron chi connectivity index (χ0n) is 14.6. The smallest absolute Gasteiger partial charge is 0.326 e. The van der Waals surface area contributed by atoms with Crippen molar-refractivity contribution >= 4 is 17.9 Å². The van der Waals surface area contributed by atoms with Crippen molar-refractivity contribution in [3.63, 3.8) is 0 Å². The molecule has 3 N–H and O–H groups in total. The van der Waals surface area contributed by atoms with Crippen LogP contribution in [0.25, 0.3) is 0 Å². The molecule has 0 aliphatic carbocycles. The van der Waals surface area contributed by atoms with E-state index in [0.29, 0.717) is 13.1 Å². The molecule has 0 radical (unpaired) electrons. The van der Waals surface area contributed by atoms with Gasteiger partial charge in [0.1, 0.15) is 12.1 Å². The molecule has 2 unspecified atom stereocenters. The van der Waals surface area contributed by atoms with Crippen molar-refractivity contribution in [2.24, 2.45) is 5.92 Å². The Hall–Kier alpha value is -2.57. The molecule has 1 aliphatic heterocycles. The highest BCUT2D eigenvalue weighted by atomic mass is 16.4. The van der Waals surface area contributed by atoms with Crippen LogP contribution in [0.5, 0.6) is 0 Å². The molecular weight excluding hydrogens is 322 g/mol. The molecule has 1 aliphatic rings. The van der Waals surface area contributed by atoms with Gasteiger partial charge in [0.2, 0.25) is 5.91 Å². The Labute approximate surface area is 147 Å². The molecule has 1 aromatic rings. The number of carboxylic acid groups (broad SMARTS) is 1. The van der Waals surface area contributed by atoms with Gasteiger partial charge in [-0.2, -0.15) is 0 Å². The van der Waals surface area contributed by atoms with Crippen molar-refractivity contribution in [1.29, 1.82) is 0 Å². The number of aliphatic carboxylic acids is 1. The number of urea groups is 1. The van der Waals surface area contributed by atoms with Gasteiger partial charge in [-0.25, -0.2) is 9.59 Å². The molecule has 3 amide bonds. The molecule has 1 saturated heterocycles. The van der Waals surface area contributed by atoms with Crippen LogP contribution in [0.3, 0.4) is 0 Å². The van der Waals surface area contributed by atoms with E-state index in [1.54, 1.807) is 0 Å². The third-order valence-corrected chi connectivity index (χ3v) is 4.25. The number of hydrogen-bond acceptors (Lipinski definition) is 3. The molecular formula is C18H25N3O4. The Morgan fingerprint density at radius 1 is 1.28 bits per heavy atom. The number of nitrogens with one attached hydrogen (secondary N) is 2. The first-order valence-electron chi connectivity index (χ1n) is 8.51. The zero-order valence-corrected chi connectivity index (χ0v) is 14.6. The molecule has 7 nitrogen and oxygen atoms in total. The summed E-state index contributed by atoms with van der Waals surface area (Å²) in [6.45, 7) is 4.77. The van der Waals surface area contributed by atoms with Crippen LogP contribution in [0.15, 0.2) is 30.3 Å². The van der Waals surface area contributed by atoms with Crippen LogP contribution in [0, 0.1) is 5.92 Å². The van der Waals surface area contributed by atoms with Crippen LogP contribution >= 0.6 is 0 Å². The van der Waals surface area contributed by atoms with Crippen molar-refractivity contribution in [3.8, 4) is 0 Å². The van der Waals surface area contributed by atoms with E-state index in [2.05, 4.69) is 10.6 Å². The summed E-state index contributed by atoms with van der Waals surface area (Å²) < 4.78 is 0. The average molecular weight is 347 g/mol. The second-order valence-electron chi connectivity index (χ2n) is 6.56. The van der Waals surface area contributed by atoms with Gasteiger partial charge in [0.25, 0.3) is 0 Å². The van der Waals surface area contributed by atoms with E-state index >= 15 is 0 Å². The number of carbonyl (C=O) groups excluding carboxylic acids is 2. The lowest BCUT2D eigenvalue weighted by Gasteiger charge is -2.36. The lowest BCUT2D eigenvalue weighted by molar-refractivity contribution is -0.142. The van der Waals surface area contributed by atoms with Gasteiger partial charge in [0.15, 0.2) is 0 Å². The van der Waals surface area contributed by atoms with E-state index in [9.17, 15) is 19.5 Å². The Bertz CT molecular complexity index is 618. The standard InChI is InChI=1S/C18H25N3O4/c1-12(2)15(21-10-6-9-19-18(21)25)16(22)20-14(17(23)24)11-13-7-4-3-5-8-13/h3-5,7-8,12,14-15H,6,9-11H2,1-2H3,(H,19,25)(H,20,22)(H,23,24). The molecule has 0 aromatic heterocycles. The van der Waals surface area contributed by atoms with Gasteiger partial charge in [-0.05, 0) is 17.9 Å². The fraction of sp³-hybridized carbons (Fsp3) is 0.500. The molecule has 136 valence electrons. The number of carboxylic acids is 1. The minimum absolute atomic E-state index is 0.130. The molecule has 1 heterocycles. The van der Waals surface area contributed by atoms with Crippen molar-refractivity contribution in [2.45, 2.75) is 38.8 Å². The summed E-state index contributed by atoms with van der Waals surface area (Å²) in [5.41, 5.74) is 0.826. The topological polar surface area (TPSA) is 98.7 Å². The summed E-state index contributed by atoms with van der Waals surface area (Å²) >= 11 is 0. The van der Waals surface area contributed by atoms with Crippen molar-refractivity contribution in [2.75, 3.05) is 13.1 Å². The molecule has 1 fully saturated rings. The van der Waals surface area contributed by atoms with Gasteiger partial charge in [-0.3, -0.25) is 4.79 Å². The monoisotopic (exact) mass is 347 g/mol. The Balaban J connectivity index is 2.11. The summed E-state index contributed by atoms with van der Waals surface area (Å²) in [6.07, 6.45) is 0.952. The number of rotatable bonds is 7. The fourth-order valence-electron chi connectivity index (χ4n) is 3.02. The first kappa shape index (κ1) is 18.8. The summed E-state index contributed by atoms with van der Waals surface area (Å²) in [5.74, 6) is -1.66. The van der Waals surface area contributed by atoms with Gasteiger partial charge in [0.05, 0.1) is 0 Å². The van der Waals surface area contributed by atoms with Gasteiger partial charge < -0.3 is 20.6 Å². The van der Waals surface area contributed by atoms with Gasteiger partial charge in [0, 0.05) is 19.5 Å². The second kappa shape index (κ2) is 8.50. The first-order chi connectivity index (χ1) is 11.9. The van der Waals surface area contributed by atoms with E-state index in [1.807, 2.05) is 44.2 Å². The predicted octanol–water partition coefficient (Wildman–Crippen LogP) is 1.24. The molecule has 0 spiro atoms. The maximum atomic E-state index is 12.7. The number of hydrogen-bond donors (Lipinski definition) is 3. The fourth-order valence-corrected chi connectivity index (χ4v) is 3.02. The van der Waals surface area contributed by atoms with Crippen LogP contribution < -0.4 is 10.6 Å². The third kappa shape index (κ3) is 4.95. The highest BCUT2D eigenvalue weighted by Gasteiger charge is 2.35. The summed E-state index contributed by atoms with van der Waals surface area (Å²) in [5, 5.41) is 14.8. The molecule has 25 heavy (non-hydrogen) atoms. The third-order valence-electron chi connectivity index (χ3n) is 4.25. The predicted molar refractivity (Wildman–Crippen MR) is 93.1 cm³/mol. The Morgan fingerprint density at radius 2 is 1.96 bits per heavy atom. The zero-order chi connectivity index (χ0) is 18.4. The first-order valence-corrected chi connectivity index (χ1v) is 8.51. The highest BCUT2D eigenvalue weighted by molar-refractivity contribution is 5.90. The number of nitrogens with zero attached hydrogens (tertiary/aromatic N) is 1. The minimum atomic E-state index is -1.09. The number of amides is 3. The van der Waals surface area contributed by atoms with E-state index < -0.39 is 24.0 Å². The normalized spacial score (nSPS) is 16.9. The maximum absolute atomic E-state index is 12.7. The van der Waals surface area contributed by atoms with Crippen molar-refractivity contribution in [3.05, 3.63) is 35.9 Å². The molecule has 2 rings (SSSR count). The van der Waals surface area contributed by atoms with E-state index in [0.717, 1.165) is 12.0 Å². The SMILES string of the molecule is CC(C)C(C(=O)NC(Cc1ccccc1)C(=O)O)N1CCCNC1=O. The van der Waals surface area contributed by atoms with Crippen LogP contribution in [-0.2, 0) is 16.0 Å². The molecule has 2 atom stereocenters. The maximum Gasteiger partial charge on any atom is 0.326 e.